The highest BCUT2D eigenvalue weighted by molar-refractivity contribution is 5.68. The molecule has 0 fully saturated rings. The van der Waals surface area contributed by atoms with Crippen LogP contribution in [0.1, 0.15) is 42.5 Å². The van der Waals surface area contributed by atoms with Gasteiger partial charge in [0.05, 0.1) is 11.6 Å². The Hall–Kier alpha value is -2.70. The third-order valence-corrected chi connectivity index (χ3v) is 4.92. The van der Waals surface area contributed by atoms with Gasteiger partial charge in [0.2, 0.25) is 0 Å². The first-order valence-electron chi connectivity index (χ1n) is 8.80. The van der Waals surface area contributed by atoms with Crippen LogP contribution in [-0.2, 0) is 12.7 Å². The molecule has 0 saturated heterocycles. The second kappa shape index (κ2) is 7.50. The minimum absolute atomic E-state index is 0.00291. The van der Waals surface area contributed by atoms with Crippen LogP contribution in [0.3, 0.4) is 0 Å². The highest BCUT2D eigenvalue weighted by Gasteiger charge is 2.36. The number of nitrogens with one attached hydrogen (secondary N) is 1. The van der Waals surface area contributed by atoms with E-state index in [9.17, 15) is 23.1 Å². The lowest BCUT2D eigenvalue weighted by Gasteiger charge is -2.38. The lowest BCUT2D eigenvalue weighted by Crippen LogP contribution is -2.40. The van der Waals surface area contributed by atoms with E-state index in [1.54, 1.807) is 12.1 Å². The van der Waals surface area contributed by atoms with E-state index in [0.29, 0.717) is 17.7 Å². The summed E-state index contributed by atoms with van der Waals surface area (Å²) in [6.07, 6.45) is -4.46. The van der Waals surface area contributed by atoms with Crippen LogP contribution in [0.5, 0.6) is 0 Å². The molecule has 0 radical (unpaired) electrons. The normalized spacial score (nSPS) is 19.1. The molecule has 0 bridgehead atoms. The highest BCUT2D eigenvalue weighted by atomic mass is 19.4. The minimum Gasteiger partial charge on any atom is -0.465 e. The van der Waals surface area contributed by atoms with Crippen molar-refractivity contribution < 1.29 is 23.1 Å². The zero-order valence-corrected chi connectivity index (χ0v) is 14.8. The molecule has 1 aliphatic rings. The van der Waals surface area contributed by atoms with Crippen molar-refractivity contribution in [1.82, 2.24) is 4.90 Å². The molecule has 1 aliphatic heterocycles. The molecule has 1 amide bonds. The van der Waals surface area contributed by atoms with Crippen LogP contribution < -0.4 is 5.32 Å². The molecule has 2 unspecified atom stereocenters. The summed E-state index contributed by atoms with van der Waals surface area (Å²) in [7, 11) is 0. The number of nitrogens with zero attached hydrogens (tertiary/aromatic N) is 1. The van der Waals surface area contributed by atoms with Crippen LogP contribution >= 0.6 is 0 Å². The summed E-state index contributed by atoms with van der Waals surface area (Å²) in [6, 6.07) is 11.9. The average molecular weight is 378 g/mol. The summed E-state index contributed by atoms with van der Waals surface area (Å²) in [5.74, 6) is 0. The number of rotatable bonds is 4. The Bertz CT molecular complexity index is 809. The van der Waals surface area contributed by atoms with E-state index in [2.05, 4.69) is 5.32 Å². The molecule has 2 aromatic rings. The van der Waals surface area contributed by atoms with Crippen molar-refractivity contribution in [3.8, 4) is 0 Å². The Morgan fingerprint density at radius 3 is 2.52 bits per heavy atom. The molecular formula is C20H21F3N2O2. The Morgan fingerprint density at radius 1 is 1.22 bits per heavy atom. The largest absolute Gasteiger partial charge is 0.465 e. The lowest BCUT2D eigenvalue weighted by molar-refractivity contribution is -0.137. The quantitative estimate of drug-likeness (QED) is 0.736. The second-order valence-corrected chi connectivity index (χ2v) is 6.70. The first-order valence-corrected chi connectivity index (χ1v) is 8.80. The first-order chi connectivity index (χ1) is 12.8. The molecular weight excluding hydrogens is 357 g/mol. The summed E-state index contributed by atoms with van der Waals surface area (Å²) in [5.41, 5.74) is 0.950. The van der Waals surface area contributed by atoms with Gasteiger partial charge in [-0.1, -0.05) is 37.3 Å². The molecule has 0 aliphatic carbocycles. The van der Waals surface area contributed by atoms with Crippen molar-refractivity contribution in [2.75, 3.05) is 5.32 Å². The van der Waals surface area contributed by atoms with Gasteiger partial charge in [0.25, 0.3) is 0 Å². The van der Waals surface area contributed by atoms with E-state index < -0.39 is 23.9 Å². The summed E-state index contributed by atoms with van der Waals surface area (Å²) in [6.45, 7) is 2.08. The van der Waals surface area contributed by atoms with E-state index in [-0.39, 0.29) is 12.6 Å². The number of fused-ring (bicyclic) bond motifs is 1. The number of hydrogen-bond acceptors (Lipinski definition) is 2. The van der Waals surface area contributed by atoms with Crippen molar-refractivity contribution in [3.05, 3.63) is 65.2 Å². The highest BCUT2D eigenvalue weighted by Crippen LogP contribution is 2.41. The van der Waals surface area contributed by atoms with Gasteiger partial charge in [0, 0.05) is 18.3 Å². The fourth-order valence-electron chi connectivity index (χ4n) is 3.48. The van der Waals surface area contributed by atoms with Gasteiger partial charge in [-0.3, -0.25) is 4.90 Å². The Balaban J connectivity index is 2.02. The standard InChI is InChI=1S/C20H21F3N2O2/c1-2-15-11-18(25(19(26)27)12-13-6-4-3-5-7-13)16-10-14(20(21,22)23)8-9-17(16)24-15/h3-10,15,18,24H,2,11-12H2,1H3,(H,26,27). The smallest absolute Gasteiger partial charge is 0.416 e. The number of anilines is 1. The molecule has 2 atom stereocenters. The van der Waals surface area contributed by atoms with Crippen molar-refractivity contribution in [2.24, 2.45) is 0 Å². The Morgan fingerprint density at radius 2 is 1.93 bits per heavy atom. The average Bonchev–Trinajstić information content (AvgIpc) is 2.64. The van der Waals surface area contributed by atoms with E-state index in [4.69, 9.17) is 0 Å². The topological polar surface area (TPSA) is 52.6 Å². The van der Waals surface area contributed by atoms with Gasteiger partial charge < -0.3 is 10.4 Å². The number of carbonyl (C=O) groups is 1. The molecule has 0 aromatic heterocycles. The maximum absolute atomic E-state index is 13.2. The molecule has 0 saturated carbocycles. The zero-order chi connectivity index (χ0) is 19.6. The summed E-state index contributed by atoms with van der Waals surface area (Å²) in [5, 5.41) is 13.0. The number of alkyl halides is 3. The van der Waals surface area contributed by atoms with Crippen LogP contribution in [0, 0.1) is 0 Å². The molecule has 0 spiro atoms. The maximum Gasteiger partial charge on any atom is 0.416 e. The predicted octanol–water partition coefficient (Wildman–Crippen LogP) is 5.52. The van der Waals surface area contributed by atoms with Gasteiger partial charge in [0.1, 0.15) is 0 Å². The molecule has 3 rings (SSSR count). The number of benzene rings is 2. The second-order valence-electron chi connectivity index (χ2n) is 6.70. The maximum atomic E-state index is 13.2. The molecule has 1 heterocycles. The zero-order valence-electron chi connectivity index (χ0n) is 14.8. The van der Waals surface area contributed by atoms with E-state index >= 15 is 0 Å². The molecule has 27 heavy (non-hydrogen) atoms. The Labute approximate surface area is 155 Å². The number of amides is 1. The lowest BCUT2D eigenvalue weighted by atomic mass is 9.89. The molecule has 144 valence electrons. The van der Waals surface area contributed by atoms with E-state index in [1.165, 1.54) is 11.0 Å². The van der Waals surface area contributed by atoms with Crippen LogP contribution in [0.25, 0.3) is 0 Å². The molecule has 4 nitrogen and oxygen atoms in total. The number of hydrogen-bond donors (Lipinski definition) is 2. The van der Waals surface area contributed by atoms with E-state index in [1.807, 2.05) is 25.1 Å². The fraction of sp³-hybridized carbons (Fsp3) is 0.350. The molecule has 7 heteroatoms. The van der Waals surface area contributed by atoms with Gasteiger partial charge >= 0.3 is 12.3 Å². The van der Waals surface area contributed by atoms with Gasteiger partial charge in [0.15, 0.2) is 0 Å². The van der Waals surface area contributed by atoms with Gasteiger partial charge in [-0.25, -0.2) is 4.79 Å². The number of halogens is 3. The molecule has 2 aromatic carbocycles. The van der Waals surface area contributed by atoms with Gasteiger partial charge in [-0.05, 0) is 42.2 Å². The van der Waals surface area contributed by atoms with Crippen molar-refractivity contribution in [2.45, 2.75) is 44.6 Å². The Kier molecular flexibility index (Phi) is 5.30. The number of carboxylic acid groups (broad SMARTS) is 1. The third kappa shape index (κ3) is 4.18. The van der Waals surface area contributed by atoms with Crippen LogP contribution in [0.2, 0.25) is 0 Å². The van der Waals surface area contributed by atoms with Crippen molar-refractivity contribution in [1.29, 1.82) is 0 Å². The predicted molar refractivity (Wildman–Crippen MR) is 96.5 cm³/mol. The monoisotopic (exact) mass is 378 g/mol. The fourth-order valence-corrected chi connectivity index (χ4v) is 3.48. The SMILES string of the molecule is CCC1CC(N(Cc2ccccc2)C(=O)O)c2cc(C(F)(F)F)ccc2N1. The van der Waals surface area contributed by atoms with Crippen LogP contribution in [-0.4, -0.2) is 22.1 Å². The van der Waals surface area contributed by atoms with Gasteiger partial charge in [-0.2, -0.15) is 13.2 Å². The molecule has 2 N–H and O–H groups in total. The third-order valence-electron chi connectivity index (χ3n) is 4.92. The minimum atomic E-state index is -4.48. The van der Waals surface area contributed by atoms with E-state index in [0.717, 1.165) is 24.1 Å². The van der Waals surface area contributed by atoms with Gasteiger partial charge in [-0.15, -0.1) is 0 Å². The summed E-state index contributed by atoms with van der Waals surface area (Å²) >= 11 is 0. The summed E-state index contributed by atoms with van der Waals surface area (Å²) < 4.78 is 39.6. The van der Waals surface area contributed by atoms with Crippen LogP contribution in [0.4, 0.5) is 23.7 Å². The van der Waals surface area contributed by atoms with Crippen molar-refractivity contribution >= 4 is 11.8 Å². The van der Waals surface area contributed by atoms with Crippen LogP contribution in [0.15, 0.2) is 48.5 Å². The van der Waals surface area contributed by atoms with Crippen molar-refractivity contribution in [3.63, 3.8) is 0 Å². The first kappa shape index (κ1) is 19.1. The summed E-state index contributed by atoms with van der Waals surface area (Å²) in [4.78, 5) is 13.2.